The van der Waals surface area contributed by atoms with Gasteiger partial charge in [-0.15, -0.1) is 0 Å². The third-order valence-corrected chi connectivity index (χ3v) is 5.45. The molecule has 1 aromatic carbocycles. The number of halogens is 1. The van der Waals surface area contributed by atoms with Crippen molar-refractivity contribution < 1.29 is 4.39 Å². The second-order valence-corrected chi connectivity index (χ2v) is 6.73. The number of pyridine rings is 1. The van der Waals surface area contributed by atoms with Gasteiger partial charge in [-0.25, -0.2) is 4.39 Å². The molecule has 2 heteroatoms. The zero-order valence-electron chi connectivity index (χ0n) is 11.7. The number of hydrogen-bond donors (Lipinski definition) is 0. The van der Waals surface area contributed by atoms with Crippen molar-refractivity contribution >= 4 is 10.9 Å². The SMILES string of the molecule is Fc1ccc2nccc(C3CC4(CCCCC4)C3)c2c1. The highest BCUT2D eigenvalue weighted by Crippen LogP contribution is 2.58. The minimum Gasteiger partial charge on any atom is -0.256 e. The topological polar surface area (TPSA) is 12.9 Å². The average molecular weight is 269 g/mol. The molecular weight excluding hydrogens is 249 g/mol. The van der Waals surface area contributed by atoms with Gasteiger partial charge < -0.3 is 0 Å². The number of benzene rings is 1. The summed E-state index contributed by atoms with van der Waals surface area (Å²) in [5.41, 5.74) is 2.85. The van der Waals surface area contributed by atoms with E-state index in [-0.39, 0.29) is 5.82 Å². The Labute approximate surface area is 119 Å². The van der Waals surface area contributed by atoms with Crippen molar-refractivity contribution in [2.75, 3.05) is 0 Å². The molecule has 0 saturated heterocycles. The Morgan fingerprint density at radius 1 is 1.05 bits per heavy atom. The van der Waals surface area contributed by atoms with Gasteiger partial charge in [0, 0.05) is 11.6 Å². The van der Waals surface area contributed by atoms with Gasteiger partial charge in [0.2, 0.25) is 0 Å². The molecule has 2 aromatic rings. The number of aromatic nitrogens is 1. The summed E-state index contributed by atoms with van der Waals surface area (Å²) in [5.74, 6) is 0.457. The van der Waals surface area contributed by atoms with Crippen molar-refractivity contribution in [3.05, 3.63) is 41.8 Å². The molecule has 1 aromatic heterocycles. The van der Waals surface area contributed by atoms with E-state index in [0.29, 0.717) is 11.3 Å². The lowest BCUT2D eigenvalue weighted by Crippen LogP contribution is -2.37. The number of hydrogen-bond acceptors (Lipinski definition) is 1. The van der Waals surface area contributed by atoms with Gasteiger partial charge in [0.25, 0.3) is 0 Å². The number of nitrogens with zero attached hydrogens (tertiary/aromatic N) is 1. The Hall–Kier alpha value is -1.44. The molecule has 4 rings (SSSR count). The first-order chi connectivity index (χ1) is 9.76. The first kappa shape index (κ1) is 12.3. The van der Waals surface area contributed by atoms with Gasteiger partial charge in [-0.2, -0.15) is 0 Å². The summed E-state index contributed by atoms with van der Waals surface area (Å²) in [7, 11) is 0. The van der Waals surface area contributed by atoms with Crippen LogP contribution >= 0.6 is 0 Å². The van der Waals surface area contributed by atoms with Gasteiger partial charge >= 0.3 is 0 Å². The monoisotopic (exact) mass is 269 g/mol. The van der Waals surface area contributed by atoms with Crippen molar-refractivity contribution in [3.63, 3.8) is 0 Å². The maximum atomic E-state index is 13.5. The molecule has 0 atom stereocenters. The summed E-state index contributed by atoms with van der Waals surface area (Å²) >= 11 is 0. The molecule has 0 N–H and O–H groups in total. The molecule has 0 amide bonds. The van der Waals surface area contributed by atoms with E-state index >= 15 is 0 Å². The quantitative estimate of drug-likeness (QED) is 0.693. The molecule has 0 unspecified atom stereocenters. The Morgan fingerprint density at radius 3 is 2.65 bits per heavy atom. The van der Waals surface area contributed by atoms with Crippen LogP contribution in [0.2, 0.25) is 0 Å². The summed E-state index contributed by atoms with van der Waals surface area (Å²) in [4.78, 5) is 4.36. The predicted molar refractivity (Wildman–Crippen MR) is 79.2 cm³/mol. The fourth-order valence-corrected chi connectivity index (χ4v) is 4.41. The lowest BCUT2D eigenvalue weighted by atomic mass is 9.54. The molecule has 2 aliphatic rings. The molecule has 1 heterocycles. The standard InChI is InChI=1S/C18H20FN/c19-14-4-5-17-16(10-14)15(6-9-20-17)13-11-18(12-13)7-2-1-3-8-18/h4-6,9-10,13H,1-3,7-8,11-12H2. The molecule has 2 aliphatic carbocycles. The number of rotatable bonds is 1. The Morgan fingerprint density at radius 2 is 1.85 bits per heavy atom. The van der Waals surface area contributed by atoms with E-state index < -0.39 is 0 Å². The van der Waals surface area contributed by atoms with Crippen LogP contribution in [0.15, 0.2) is 30.5 Å². The summed E-state index contributed by atoms with van der Waals surface area (Å²) in [6, 6.07) is 7.05. The maximum Gasteiger partial charge on any atom is 0.123 e. The molecule has 0 aliphatic heterocycles. The Balaban J connectivity index is 1.65. The highest BCUT2D eigenvalue weighted by molar-refractivity contribution is 5.82. The van der Waals surface area contributed by atoms with Crippen LogP contribution in [0.5, 0.6) is 0 Å². The van der Waals surface area contributed by atoms with Crippen LogP contribution in [0.4, 0.5) is 4.39 Å². The maximum absolute atomic E-state index is 13.5. The summed E-state index contributed by atoms with van der Waals surface area (Å²) < 4.78 is 13.5. The van der Waals surface area contributed by atoms with Gasteiger partial charge in [0.05, 0.1) is 5.52 Å². The van der Waals surface area contributed by atoms with Crippen molar-refractivity contribution in [2.45, 2.75) is 50.9 Å². The number of fused-ring (bicyclic) bond motifs is 1. The van der Waals surface area contributed by atoms with E-state index in [2.05, 4.69) is 11.1 Å². The predicted octanol–water partition coefficient (Wildman–Crippen LogP) is 5.20. The van der Waals surface area contributed by atoms with E-state index in [1.54, 1.807) is 12.1 Å². The van der Waals surface area contributed by atoms with Crippen LogP contribution in [-0.2, 0) is 0 Å². The fourth-order valence-electron chi connectivity index (χ4n) is 4.41. The summed E-state index contributed by atoms with van der Waals surface area (Å²) in [6.07, 6.45) is 11.5. The van der Waals surface area contributed by atoms with E-state index in [1.807, 2.05) is 6.20 Å². The first-order valence-electron chi connectivity index (χ1n) is 7.80. The second-order valence-electron chi connectivity index (χ2n) is 6.73. The fraction of sp³-hybridized carbons (Fsp3) is 0.500. The van der Waals surface area contributed by atoms with Crippen molar-refractivity contribution in [3.8, 4) is 0 Å². The van der Waals surface area contributed by atoms with Crippen LogP contribution in [0.25, 0.3) is 10.9 Å². The van der Waals surface area contributed by atoms with E-state index in [4.69, 9.17) is 0 Å². The molecular formula is C18H20FN. The van der Waals surface area contributed by atoms with Gasteiger partial charge in [0.15, 0.2) is 0 Å². The summed E-state index contributed by atoms with van der Waals surface area (Å²) in [5, 5.41) is 1.02. The van der Waals surface area contributed by atoms with Gasteiger partial charge in [0.1, 0.15) is 5.82 Å². The van der Waals surface area contributed by atoms with Gasteiger partial charge in [-0.3, -0.25) is 4.98 Å². The smallest absolute Gasteiger partial charge is 0.123 e. The van der Waals surface area contributed by atoms with E-state index in [1.165, 1.54) is 56.6 Å². The van der Waals surface area contributed by atoms with E-state index in [0.717, 1.165) is 10.9 Å². The third kappa shape index (κ3) is 1.93. The highest BCUT2D eigenvalue weighted by atomic mass is 19.1. The first-order valence-corrected chi connectivity index (χ1v) is 7.80. The minimum atomic E-state index is -0.154. The molecule has 2 saturated carbocycles. The van der Waals surface area contributed by atoms with Crippen molar-refractivity contribution in [1.29, 1.82) is 0 Å². The minimum absolute atomic E-state index is 0.154. The summed E-state index contributed by atoms with van der Waals surface area (Å²) in [6.45, 7) is 0. The molecule has 1 spiro atoms. The second kappa shape index (κ2) is 4.54. The van der Waals surface area contributed by atoms with Crippen LogP contribution in [0.3, 0.4) is 0 Å². The highest BCUT2D eigenvalue weighted by Gasteiger charge is 2.45. The molecule has 1 nitrogen and oxygen atoms in total. The van der Waals surface area contributed by atoms with Crippen molar-refractivity contribution in [2.24, 2.45) is 5.41 Å². The zero-order chi connectivity index (χ0) is 13.6. The van der Waals surface area contributed by atoms with Crippen LogP contribution in [0.1, 0.15) is 56.4 Å². The van der Waals surface area contributed by atoms with Gasteiger partial charge in [-0.1, -0.05) is 19.3 Å². The van der Waals surface area contributed by atoms with Crippen LogP contribution in [0, 0.1) is 11.2 Å². The average Bonchev–Trinajstić information content (AvgIpc) is 2.45. The van der Waals surface area contributed by atoms with E-state index in [9.17, 15) is 4.39 Å². The molecule has 104 valence electrons. The van der Waals surface area contributed by atoms with Crippen LogP contribution in [-0.4, -0.2) is 4.98 Å². The normalized spacial score (nSPS) is 22.1. The lowest BCUT2D eigenvalue weighted by molar-refractivity contribution is 0.0529. The lowest BCUT2D eigenvalue weighted by Gasteiger charge is -2.51. The molecule has 0 radical (unpaired) electrons. The largest absolute Gasteiger partial charge is 0.256 e. The Kier molecular flexibility index (Phi) is 2.80. The molecule has 0 bridgehead atoms. The third-order valence-electron chi connectivity index (χ3n) is 5.45. The molecule has 2 fully saturated rings. The van der Waals surface area contributed by atoms with Crippen LogP contribution < -0.4 is 0 Å². The zero-order valence-corrected chi connectivity index (χ0v) is 11.7. The van der Waals surface area contributed by atoms with Gasteiger partial charge in [-0.05, 0) is 66.8 Å². The molecule has 20 heavy (non-hydrogen) atoms. The Bertz CT molecular complexity index is 635. The van der Waals surface area contributed by atoms with Crippen molar-refractivity contribution in [1.82, 2.24) is 4.98 Å².